The number of imidazole rings is 1. The predicted octanol–water partition coefficient (Wildman–Crippen LogP) is 4.04. The maximum atomic E-state index is 13.3. The lowest BCUT2D eigenvalue weighted by atomic mass is 10.3. The van der Waals surface area contributed by atoms with Crippen LogP contribution in [-0.4, -0.2) is 65.3 Å². The maximum Gasteiger partial charge on any atom is 0.229 e. The van der Waals surface area contributed by atoms with E-state index in [9.17, 15) is 8.96 Å². The molecule has 1 aliphatic heterocycles. The van der Waals surface area contributed by atoms with Crippen LogP contribution in [0.5, 0.6) is 0 Å². The van der Waals surface area contributed by atoms with Gasteiger partial charge in [0.1, 0.15) is 26.2 Å². The first-order valence-corrected chi connectivity index (χ1v) is 14.1. The van der Waals surface area contributed by atoms with Gasteiger partial charge in [-0.3, -0.25) is 4.57 Å². The van der Waals surface area contributed by atoms with Gasteiger partial charge in [0.15, 0.2) is 17.0 Å². The Morgan fingerprint density at radius 2 is 2.06 bits per heavy atom. The molecule has 0 amide bonds. The minimum atomic E-state index is -2.34. The second kappa shape index (κ2) is 8.85. The molecule has 0 aliphatic carbocycles. The molecule has 8 nitrogen and oxygen atoms in total. The van der Waals surface area contributed by atoms with Crippen molar-refractivity contribution >= 4 is 52.4 Å². The molecule has 1 fully saturated rings. The van der Waals surface area contributed by atoms with Crippen molar-refractivity contribution in [3.63, 3.8) is 0 Å². The van der Waals surface area contributed by atoms with Crippen LogP contribution in [0.25, 0.3) is 16.9 Å². The summed E-state index contributed by atoms with van der Waals surface area (Å²) in [6, 6.07) is 9.49. The number of ether oxygens (including phenoxy) is 1. The number of anilines is 3. The summed E-state index contributed by atoms with van der Waals surface area (Å²) in [5, 5.41) is 8.18. The summed E-state index contributed by atoms with van der Waals surface area (Å²) >= 11 is 1.59. The van der Waals surface area contributed by atoms with Crippen molar-refractivity contribution < 1.29 is 13.7 Å². The number of alkyl halides is 1. The van der Waals surface area contributed by atoms with Crippen LogP contribution in [0.2, 0.25) is 0 Å². The van der Waals surface area contributed by atoms with Crippen LogP contribution in [-0.2, 0) is 9.30 Å². The Morgan fingerprint density at radius 3 is 2.76 bits per heavy atom. The smallest absolute Gasteiger partial charge is 0.229 e. The zero-order valence-electron chi connectivity index (χ0n) is 18.3. The van der Waals surface area contributed by atoms with Crippen molar-refractivity contribution in [2.45, 2.75) is 6.10 Å². The van der Waals surface area contributed by atoms with Crippen molar-refractivity contribution in [3.8, 4) is 5.69 Å². The zero-order chi connectivity index (χ0) is 23.0. The van der Waals surface area contributed by atoms with Gasteiger partial charge in [0.25, 0.3) is 0 Å². The summed E-state index contributed by atoms with van der Waals surface area (Å²) in [5.74, 6) is 1.04. The number of thiophene rings is 1. The Hall–Kier alpha value is -2.81. The standard InChI is InChI=1S/C22H24FN6O2PS/c1-32(2,30)18-5-3-15(4-6-18)25-20-19-21(29(14-24-19)16-7-10-33-13-16)27-22(26-20)28-8-9-31-17(11-23)12-28/h3-7,10,13-14,17H,8-9,11-12H2,1-2H3,(H,25,26,27). The van der Waals surface area contributed by atoms with E-state index < -0.39 is 19.9 Å². The van der Waals surface area contributed by atoms with E-state index in [0.29, 0.717) is 42.6 Å². The highest BCUT2D eigenvalue weighted by molar-refractivity contribution is 7.70. The first-order chi connectivity index (χ1) is 15.9. The molecule has 172 valence electrons. The summed E-state index contributed by atoms with van der Waals surface area (Å²) in [6.45, 7) is 4.31. The van der Waals surface area contributed by atoms with Gasteiger partial charge in [-0.1, -0.05) is 0 Å². The fourth-order valence-corrected chi connectivity index (χ4v) is 5.23. The largest absolute Gasteiger partial charge is 0.372 e. The molecule has 0 saturated carbocycles. The first-order valence-electron chi connectivity index (χ1n) is 10.5. The number of nitrogens with one attached hydrogen (secondary N) is 1. The molecule has 1 saturated heterocycles. The normalized spacial score (nSPS) is 16.9. The summed E-state index contributed by atoms with van der Waals surface area (Å²) in [4.78, 5) is 16.1. The SMILES string of the molecule is CP(C)(=O)c1ccc(Nc2nc(N3CCOC(CF)C3)nc3c2ncn3-c2ccsc2)cc1. The minimum absolute atomic E-state index is 0.380. The van der Waals surface area contributed by atoms with Crippen LogP contribution in [0, 0.1) is 0 Å². The van der Waals surface area contributed by atoms with Crippen molar-refractivity contribution in [2.75, 3.05) is 49.9 Å². The summed E-state index contributed by atoms with van der Waals surface area (Å²) in [6.07, 6.45) is 1.23. The van der Waals surface area contributed by atoms with Gasteiger partial charge in [-0.05, 0) is 49.0 Å². The van der Waals surface area contributed by atoms with Crippen LogP contribution >= 0.6 is 18.5 Å². The lowest BCUT2D eigenvalue weighted by Gasteiger charge is -2.31. The molecule has 1 aliphatic rings. The van der Waals surface area contributed by atoms with E-state index >= 15 is 0 Å². The number of hydrogen-bond acceptors (Lipinski definition) is 8. The van der Waals surface area contributed by atoms with Gasteiger partial charge in [-0.25, -0.2) is 9.37 Å². The van der Waals surface area contributed by atoms with Gasteiger partial charge in [0.05, 0.1) is 12.3 Å². The van der Waals surface area contributed by atoms with Gasteiger partial charge >= 0.3 is 0 Å². The Morgan fingerprint density at radius 1 is 1.24 bits per heavy atom. The second-order valence-electron chi connectivity index (χ2n) is 8.26. The third kappa shape index (κ3) is 4.51. The van der Waals surface area contributed by atoms with Crippen molar-refractivity contribution in [2.24, 2.45) is 0 Å². The third-order valence-electron chi connectivity index (χ3n) is 5.51. The number of halogens is 1. The lowest BCUT2D eigenvalue weighted by molar-refractivity contribution is 0.0242. The average Bonchev–Trinajstić information content (AvgIpc) is 3.49. The highest BCUT2D eigenvalue weighted by atomic mass is 32.1. The van der Waals surface area contributed by atoms with Gasteiger partial charge in [-0.15, -0.1) is 0 Å². The topological polar surface area (TPSA) is 85.2 Å². The fourth-order valence-electron chi connectivity index (χ4n) is 3.74. The van der Waals surface area contributed by atoms with Crippen LogP contribution in [0.4, 0.5) is 21.8 Å². The van der Waals surface area contributed by atoms with Gasteiger partial charge in [0.2, 0.25) is 5.95 Å². The molecule has 0 bridgehead atoms. The van der Waals surface area contributed by atoms with Gasteiger partial charge in [-0.2, -0.15) is 21.3 Å². The fraction of sp³-hybridized carbons (Fsp3) is 0.318. The molecule has 1 atom stereocenters. The number of benzene rings is 1. The molecule has 1 unspecified atom stereocenters. The second-order valence-corrected chi connectivity index (χ2v) is 12.3. The van der Waals surface area contributed by atoms with E-state index in [1.165, 1.54) is 0 Å². The van der Waals surface area contributed by atoms with E-state index in [1.807, 2.05) is 50.6 Å². The van der Waals surface area contributed by atoms with Crippen LogP contribution in [0.1, 0.15) is 0 Å². The maximum absolute atomic E-state index is 13.3. The van der Waals surface area contributed by atoms with Crippen molar-refractivity contribution in [3.05, 3.63) is 47.4 Å². The number of nitrogens with zero attached hydrogens (tertiary/aromatic N) is 5. The van der Waals surface area contributed by atoms with Crippen LogP contribution in [0.15, 0.2) is 47.4 Å². The van der Waals surface area contributed by atoms with E-state index in [0.717, 1.165) is 16.7 Å². The molecular weight excluding hydrogens is 462 g/mol. The summed E-state index contributed by atoms with van der Waals surface area (Å²) in [5.41, 5.74) is 3.05. The number of hydrogen-bond donors (Lipinski definition) is 1. The molecule has 1 N–H and O–H groups in total. The average molecular weight is 487 g/mol. The quantitative estimate of drug-likeness (QED) is 0.412. The van der Waals surface area contributed by atoms with E-state index in [-0.39, 0.29) is 0 Å². The van der Waals surface area contributed by atoms with Gasteiger partial charge in [0, 0.05) is 29.5 Å². The van der Waals surface area contributed by atoms with E-state index in [1.54, 1.807) is 31.0 Å². The Bertz CT molecular complexity index is 1300. The monoisotopic (exact) mass is 486 g/mol. The molecule has 3 aromatic heterocycles. The molecular formula is C22H24FN6O2PS. The molecule has 0 radical (unpaired) electrons. The predicted molar refractivity (Wildman–Crippen MR) is 131 cm³/mol. The lowest BCUT2D eigenvalue weighted by Crippen LogP contribution is -2.44. The van der Waals surface area contributed by atoms with Crippen molar-refractivity contribution in [1.29, 1.82) is 0 Å². The molecule has 11 heteroatoms. The number of rotatable bonds is 6. The number of morpholine rings is 1. The van der Waals surface area contributed by atoms with E-state index in [2.05, 4.69) is 10.3 Å². The molecule has 5 rings (SSSR count). The summed E-state index contributed by atoms with van der Waals surface area (Å²) < 4.78 is 33.0. The Labute approximate surface area is 194 Å². The molecule has 1 aromatic carbocycles. The molecule has 4 heterocycles. The third-order valence-corrected chi connectivity index (χ3v) is 7.73. The van der Waals surface area contributed by atoms with Crippen LogP contribution in [0.3, 0.4) is 0 Å². The number of aromatic nitrogens is 4. The Kier molecular flexibility index (Phi) is 5.90. The number of fused-ring (bicyclic) bond motifs is 1. The zero-order valence-corrected chi connectivity index (χ0v) is 20.0. The highest BCUT2D eigenvalue weighted by Gasteiger charge is 2.25. The van der Waals surface area contributed by atoms with Crippen molar-refractivity contribution in [1.82, 2.24) is 19.5 Å². The molecule has 4 aromatic rings. The molecule has 0 spiro atoms. The van der Waals surface area contributed by atoms with E-state index in [4.69, 9.17) is 14.7 Å². The first kappa shape index (κ1) is 22.0. The minimum Gasteiger partial charge on any atom is -0.372 e. The van der Waals surface area contributed by atoms with Gasteiger partial charge < -0.3 is 19.5 Å². The summed E-state index contributed by atoms with van der Waals surface area (Å²) in [7, 11) is -2.34. The highest BCUT2D eigenvalue weighted by Crippen LogP contribution is 2.35. The van der Waals surface area contributed by atoms with Crippen LogP contribution < -0.4 is 15.5 Å². The Balaban J connectivity index is 1.57. The molecule has 33 heavy (non-hydrogen) atoms.